The van der Waals surface area contributed by atoms with Crippen molar-refractivity contribution in [1.29, 1.82) is 0 Å². The Morgan fingerprint density at radius 3 is 1.58 bits per heavy atom. The van der Waals surface area contributed by atoms with Crippen LogP contribution in [-0.2, 0) is 42.9 Å². The van der Waals surface area contributed by atoms with Crippen molar-refractivity contribution in [1.82, 2.24) is 0 Å². The average Bonchev–Trinajstić information content (AvgIpc) is 2.42. The van der Waals surface area contributed by atoms with Gasteiger partial charge in [-0.15, -0.1) is 0 Å². The van der Waals surface area contributed by atoms with Gasteiger partial charge in [0.15, 0.2) is 12.2 Å². The lowest BCUT2D eigenvalue weighted by Gasteiger charge is -2.43. The molecule has 1 unspecified atom stereocenters. The molecule has 1 aliphatic heterocycles. The molecular weight excluding hydrogens is 328 g/mol. The summed E-state index contributed by atoms with van der Waals surface area (Å²) in [6, 6.07) is 0. The number of aliphatic hydroxyl groups excluding tert-OH is 1. The first-order chi connectivity index (χ1) is 11.1. The van der Waals surface area contributed by atoms with Crippen molar-refractivity contribution in [3.8, 4) is 0 Å². The van der Waals surface area contributed by atoms with Gasteiger partial charge in [0.05, 0.1) is 6.61 Å². The lowest BCUT2D eigenvalue weighted by Crippen LogP contribution is -2.62. The van der Waals surface area contributed by atoms with Crippen molar-refractivity contribution in [2.75, 3.05) is 6.61 Å². The van der Waals surface area contributed by atoms with Gasteiger partial charge in [-0.05, 0) is 0 Å². The average molecular weight is 348 g/mol. The maximum absolute atomic E-state index is 11.4. The summed E-state index contributed by atoms with van der Waals surface area (Å²) in [5.41, 5.74) is 0. The molecule has 0 aromatic carbocycles. The maximum atomic E-state index is 11.4. The normalized spacial score (nSPS) is 29.3. The van der Waals surface area contributed by atoms with Crippen LogP contribution in [-0.4, -0.2) is 66.3 Å². The van der Waals surface area contributed by atoms with Gasteiger partial charge < -0.3 is 28.8 Å². The van der Waals surface area contributed by atoms with Crippen LogP contribution in [0.4, 0.5) is 0 Å². The predicted octanol–water partition coefficient (Wildman–Crippen LogP) is -0.938. The molecule has 0 saturated carbocycles. The minimum Gasteiger partial charge on any atom is -0.456 e. The Labute approximate surface area is 137 Å². The molecule has 0 spiro atoms. The Bertz CT molecular complexity index is 502. The van der Waals surface area contributed by atoms with E-state index < -0.39 is 61.2 Å². The molecule has 1 rings (SSSR count). The fourth-order valence-corrected chi connectivity index (χ4v) is 2.26. The molecule has 1 saturated heterocycles. The van der Waals surface area contributed by atoms with Gasteiger partial charge in [-0.1, -0.05) is 0 Å². The highest BCUT2D eigenvalue weighted by Crippen LogP contribution is 2.29. The van der Waals surface area contributed by atoms with Crippen LogP contribution in [0.1, 0.15) is 27.7 Å². The summed E-state index contributed by atoms with van der Waals surface area (Å²) in [7, 11) is 0. The molecule has 0 aromatic rings. The van der Waals surface area contributed by atoms with E-state index in [1.807, 2.05) is 0 Å². The number of rotatable bonds is 5. The summed E-state index contributed by atoms with van der Waals surface area (Å²) in [6.07, 6.45) is -6.56. The third-order valence-electron chi connectivity index (χ3n) is 2.96. The number of hydrogen-bond acceptors (Lipinski definition) is 10. The van der Waals surface area contributed by atoms with E-state index in [-0.39, 0.29) is 0 Å². The third-order valence-corrected chi connectivity index (χ3v) is 2.96. The molecular formula is C14H20O10. The molecule has 10 heteroatoms. The van der Waals surface area contributed by atoms with E-state index in [4.69, 9.17) is 23.7 Å². The zero-order chi connectivity index (χ0) is 18.4. The fourth-order valence-electron chi connectivity index (χ4n) is 2.26. The van der Waals surface area contributed by atoms with Gasteiger partial charge >= 0.3 is 23.9 Å². The van der Waals surface area contributed by atoms with Crippen molar-refractivity contribution >= 4 is 23.9 Å². The van der Waals surface area contributed by atoms with Crippen molar-refractivity contribution < 1.29 is 48.0 Å². The molecule has 136 valence electrons. The monoisotopic (exact) mass is 348 g/mol. The van der Waals surface area contributed by atoms with E-state index in [9.17, 15) is 24.3 Å². The molecule has 24 heavy (non-hydrogen) atoms. The zero-order valence-corrected chi connectivity index (χ0v) is 13.7. The van der Waals surface area contributed by atoms with Crippen LogP contribution >= 0.6 is 0 Å². The molecule has 0 amide bonds. The summed E-state index contributed by atoms with van der Waals surface area (Å²) in [5.74, 6) is -3.00. The van der Waals surface area contributed by atoms with Crippen molar-refractivity contribution in [2.24, 2.45) is 0 Å². The summed E-state index contributed by atoms with van der Waals surface area (Å²) in [4.78, 5) is 45.3. The van der Waals surface area contributed by atoms with Crippen molar-refractivity contribution in [3.05, 3.63) is 0 Å². The first-order valence-electron chi connectivity index (χ1n) is 7.11. The second-order valence-electron chi connectivity index (χ2n) is 5.06. The predicted molar refractivity (Wildman–Crippen MR) is 74.2 cm³/mol. The van der Waals surface area contributed by atoms with Crippen LogP contribution in [0.15, 0.2) is 0 Å². The number of esters is 4. The van der Waals surface area contributed by atoms with E-state index in [1.54, 1.807) is 0 Å². The number of ether oxygens (including phenoxy) is 5. The maximum Gasteiger partial charge on any atom is 0.305 e. The first kappa shape index (κ1) is 19.8. The summed E-state index contributed by atoms with van der Waals surface area (Å²) in [6.45, 7) is 3.77. The lowest BCUT2D eigenvalue weighted by molar-refractivity contribution is -0.299. The fraction of sp³-hybridized carbons (Fsp3) is 0.714. The van der Waals surface area contributed by atoms with Crippen molar-refractivity contribution in [3.63, 3.8) is 0 Å². The van der Waals surface area contributed by atoms with E-state index >= 15 is 0 Å². The Morgan fingerprint density at radius 2 is 1.17 bits per heavy atom. The SMILES string of the molecule is CC(=O)OC1O[C@H](CO)[C@H](OC(C)=O)[C@H](OC(C)=O)[C@H]1OC(C)=O. The third kappa shape index (κ3) is 5.46. The Hall–Kier alpha value is -2.20. The largest absolute Gasteiger partial charge is 0.456 e. The van der Waals surface area contributed by atoms with Gasteiger partial charge in [0, 0.05) is 27.7 Å². The van der Waals surface area contributed by atoms with E-state index in [0.717, 1.165) is 27.7 Å². The van der Waals surface area contributed by atoms with Crippen LogP contribution in [0.3, 0.4) is 0 Å². The van der Waals surface area contributed by atoms with Gasteiger partial charge in [-0.2, -0.15) is 0 Å². The molecule has 5 atom stereocenters. The van der Waals surface area contributed by atoms with E-state index in [2.05, 4.69) is 0 Å². The van der Waals surface area contributed by atoms with Gasteiger partial charge in [-0.25, -0.2) is 0 Å². The minimum absolute atomic E-state index is 0.625. The van der Waals surface area contributed by atoms with Crippen LogP contribution in [0.25, 0.3) is 0 Å². The molecule has 0 bridgehead atoms. The van der Waals surface area contributed by atoms with Gasteiger partial charge in [0.25, 0.3) is 0 Å². The summed E-state index contributed by atoms with van der Waals surface area (Å²) in [5, 5.41) is 9.44. The minimum atomic E-state index is -1.44. The molecule has 1 heterocycles. The number of hydrogen-bond donors (Lipinski definition) is 1. The number of carbonyl (C=O) groups is 4. The number of carbonyl (C=O) groups excluding carboxylic acids is 4. The Morgan fingerprint density at radius 1 is 0.750 bits per heavy atom. The molecule has 1 fully saturated rings. The Balaban J connectivity index is 3.23. The van der Waals surface area contributed by atoms with Crippen molar-refractivity contribution in [2.45, 2.75) is 58.4 Å². The Kier molecular flexibility index (Phi) is 7.11. The molecule has 0 aromatic heterocycles. The highest BCUT2D eigenvalue weighted by Gasteiger charge is 2.53. The second kappa shape index (κ2) is 8.60. The van der Waals surface area contributed by atoms with Crippen LogP contribution in [0.5, 0.6) is 0 Å². The second-order valence-corrected chi connectivity index (χ2v) is 5.06. The molecule has 10 nitrogen and oxygen atoms in total. The molecule has 1 N–H and O–H groups in total. The lowest BCUT2D eigenvalue weighted by atomic mass is 9.98. The van der Waals surface area contributed by atoms with E-state index in [1.165, 1.54) is 0 Å². The molecule has 1 aliphatic rings. The first-order valence-corrected chi connectivity index (χ1v) is 7.11. The zero-order valence-electron chi connectivity index (χ0n) is 13.7. The molecule has 0 radical (unpaired) electrons. The van der Waals surface area contributed by atoms with Crippen LogP contribution in [0.2, 0.25) is 0 Å². The van der Waals surface area contributed by atoms with E-state index in [0.29, 0.717) is 0 Å². The number of aliphatic hydroxyl groups is 1. The molecule has 0 aliphatic carbocycles. The highest BCUT2D eigenvalue weighted by atomic mass is 16.7. The summed E-state index contributed by atoms with van der Waals surface area (Å²) >= 11 is 0. The topological polar surface area (TPSA) is 135 Å². The van der Waals surface area contributed by atoms with Gasteiger partial charge in [-0.3, -0.25) is 19.2 Å². The van der Waals surface area contributed by atoms with Gasteiger partial charge in [0.2, 0.25) is 12.4 Å². The smallest absolute Gasteiger partial charge is 0.305 e. The standard InChI is InChI=1S/C14H20O10/c1-6(16)20-11-10(5-15)24-14(23-9(4)19)13(22-8(3)18)12(11)21-7(2)17/h10-15H,5H2,1-4H3/t10-,11+,12+,13-,14?/m1/s1. The van der Waals surface area contributed by atoms with Crippen LogP contribution < -0.4 is 0 Å². The van der Waals surface area contributed by atoms with Crippen LogP contribution in [0, 0.1) is 0 Å². The quantitative estimate of drug-likeness (QED) is 0.490. The highest BCUT2D eigenvalue weighted by molar-refractivity contribution is 5.69. The summed E-state index contributed by atoms with van der Waals surface area (Å²) < 4.78 is 25.4. The van der Waals surface area contributed by atoms with Gasteiger partial charge in [0.1, 0.15) is 6.10 Å².